The number of amides is 2. The number of rotatable bonds is 10. The highest BCUT2D eigenvalue weighted by atomic mass is 16.6. The number of nitrogens with zero attached hydrogens (tertiary/aromatic N) is 3. The van der Waals surface area contributed by atoms with Crippen molar-refractivity contribution in [3.05, 3.63) is 108 Å². The van der Waals surface area contributed by atoms with E-state index in [9.17, 15) is 14.4 Å². The van der Waals surface area contributed by atoms with Crippen LogP contribution in [0.2, 0.25) is 0 Å². The summed E-state index contributed by atoms with van der Waals surface area (Å²) in [6, 6.07) is 28.2. The molecule has 2 saturated heterocycles. The molecule has 0 N–H and O–H groups in total. The number of esters is 1. The van der Waals surface area contributed by atoms with Gasteiger partial charge in [-0.2, -0.15) is 0 Å². The van der Waals surface area contributed by atoms with E-state index in [1.54, 1.807) is 9.80 Å². The Hall–Kier alpha value is -4.17. The van der Waals surface area contributed by atoms with Crippen molar-refractivity contribution < 1.29 is 23.9 Å². The summed E-state index contributed by atoms with van der Waals surface area (Å²) in [5.74, 6) is 0.506. The summed E-state index contributed by atoms with van der Waals surface area (Å²) in [6.07, 6.45) is 2.96. The normalized spacial score (nSPS) is 27.1. The number of hydrogen-bond donors (Lipinski definition) is 0. The molecule has 0 radical (unpaired) electrons. The Morgan fingerprint density at radius 2 is 1.42 bits per heavy atom. The maximum absolute atomic E-state index is 14.6. The van der Waals surface area contributed by atoms with Gasteiger partial charge in [-0.1, -0.05) is 118 Å². The zero-order valence-corrected chi connectivity index (χ0v) is 28.2. The Morgan fingerprint density at radius 1 is 0.854 bits per heavy atom. The zero-order chi connectivity index (χ0) is 33.4. The summed E-state index contributed by atoms with van der Waals surface area (Å²) in [5, 5.41) is 0. The Balaban J connectivity index is 1.22. The zero-order valence-electron chi connectivity index (χ0n) is 28.2. The summed E-state index contributed by atoms with van der Waals surface area (Å²) < 4.78 is 12.4. The lowest BCUT2D eigenvalue weighted by Crippen LogP contribution is -2.73. The van der Waals surface area contributed by atoms with Crippen molar-refractivity contribution in [2.75, 3.05) is 0 Å². The molecule has 3 unspecified atom stereocenters. The van der Waals surface area contributed by atoms with Gasteiger partial charge in [0.15, 0.2) is 6.04 Å². The third-order valence-corrected chi connectivity index (χ3v) is 11.1. The van der Waals surface area contributed by atoms with Gasteiger partial charge >= 0.3 is 12.1 Å². The number of benzene rings is 3. The second kappa shape index (κ2) is 13.4. The lowest BCUT2D eigenvalue weighted by Gasteiger charge is -2.50. The van der Waals surface area contributed by atoms with Crippen LogP contribution in [0.25, 0.3) is 0 Å². The molecule has 252 valence electrons. The molecule has 3 aromatic rings. The van der Waals surface area contributed by atoms with Gasteiger partial charge in [-0.25, -0.2) is 9.59 Å². The predicted octanol–water partition coefficient (Wildman–Crippen LogP) is 6.78. The molecular formula is C40H47N3O5. The van der Waals surface area contributed by atoms with E-state index in [1.165, 1.54) is 0 Å². The van der Waals surface area contributed by atoms with Crippen molar-refractivity contribution in [2.45, 2.75) is 102 Å². The third kappa shape index (κ3) is 6.11. The van der Waals surface area contributed by atoms with Gasteiger partial charge in [0.05, 0.1) is 5.54 Å². The summed E-state index contributed by atoms with van der Waals surface area (Å²) in [5.41, 5.74) is 2.18. The quantitative estimate of drug-likeness (QED) is 0.178. The van der Waals surface area contributed by atoms with E-state index in [0.29, 0.717) is 37.8 Å². The topological polar surface area (TPSA) is 79.4 Å². The lowest BCUT2D eigenvalue weighted by molar-refractivity contribution is -0.174. The van der Waals surface area contributed by atoms with E-state index in [2.05, 4.69) is 49.9 Å². The smallest absolute Gasteiger partial charge is 0.412 e. The monoisotopic (exact) mass is 649 g/mol. The first-order chi connectivity index (χ1) is 23.3. The molecule has 8 heteroatoms. The standard InChI is InChI=1S/C40H47N3O5/c1-27(2)32-20-19-28(3)23-33(32)48-39(46)43-36-34(41(24-29-13-7-4-8-14-29)25-30-15-9-5-10-16-30)37(44)42(36)35(40(43)21-22-40)38(45)47-26-31-17-11-6-12-18-31/h4-18,27-28,32-36H,19-26H2,1-3H3/t28?,32?,33?,34-,35+,36-/m0/s1. The number of β-lactam (4-membered cyclic amide) rings is 1. The number of ether oxygens (including phenoxy) is 2. The molecule has 6 atom stereocenters. The fourth-order valence-corrected chi connectivity index (χ4v) is 8.42. The van der Waals surface area contributed by atoms with Crippen LogP contribution in [-0.2, 0) is 38.8 Å². The van der Waals surface area contributed by atoms with Crippen LogP contribution in [-0.4, -0.2) is 62.6 Å². The largest absolute Gasteiger partial charge is 0.459 e. The maximum atomic E-state index is 14.6. The van der Waals surface area contributed by atoms with Crippen molar-refractivity contribution in [2.24, 2.45) is 17.8 Å². The van der Waals surface area contributed by atoms with Crippen LogP contribution in [0, 0.1) is 17.8 Å². The maximum Gasteiger partial charge on any atom is 0.412 e. The molecule has 7 rings (SSSR count). The minimum atomic E-state index is -0.871. The van der Waals surface area contributed by atoms with Crippen molar-refractivity contribution >= 4 is 18.0 Å². The fourth-order valence-electron chi connectivity index (χ4n) is 8.42. The molecule has 4 fully saturated rings. The van der Waals surface area contributed by atoms with Gasteiger partial charge in [0, 0.05) is 13.1 Å². The van der Waals surface area contributed by atoms with E-state index in [-0.39, 0.29) is 24.5 Å². The van der Waals surface area contributed by atoms with Gasteiger partial charge in [0.2, 0.25) is 5.91 Å². The first-order valence-electron chi connectivity index (χ1n) is 17.6. The number of hydrogen-bond acceptors (Lipinski definition) is 6. The fraction of sp³-hybridized carbons (Fsp3) is 0.475. The van der Waals surface area contributed by atoms with Crippen LogP contribution in [0.1, 0.15) is 69.6 Å². The van der Waals surface area contributed by atoms with E-state index >= 15 is 0 Å². The van der Waals surface area contributed by atoms with E-state index in [0.717, 1.165) is 36.0 Å². The average Bonchev–Trinajstić information content (AvgIpc) is 3.83. The minimum absolute atomic E-state index is 0.108. The van der Waals surface area contributed by atoms with Crippen molar-refractivity contribution in [3.8, 4) is 0 Å². The molecule has 2 aliphatic heterocycles. The van der Waals surface area contributed by atoms with Crippen molar-refractivity contribution in [1.29, 1.82) is 0 Å². The van der Waals surface area contributed by atoms with Crippen LogP contribution in [0.3, 0.4) is 0 Å². The molecule has 2 heterocycles. The van der Waals surface area contributed by atoms with Crippen molar-refractivity contribution in [1.82, 2.24) is 14.7 Å². The van der Waals surface area contributed by atoms with Crippen LogP contribution >= 0.6 is 0 Å². The highest BCUT2D eigenvalue weighted by molar-refractivity contribution is 5.98. The molecule has 3 aromatic carbocycles. The SMILES string of the molecule is CC1CCC(C(C)C)C(OC(=O)N2[C@H]3[C@H](N(Cc4ccccc4)Cc4ccccc4)C(=O)N3[C@H](C(=O)OCc3ccccc3)C23CC3)C1. The highest BCUT2D eigenvalue weighted by Gasteiger charge is 2.77. The Bertz CT molecular complexity index is 1550. The number of fused-ring (bicyclic) bond motifs is 1. The second-order valence-electron chi connectivity index (χ2n) is 14.7. The molecule has 48 heavy (non-hydrogen) atoms. The summed E-state index contributed by atoms with van der Waals surface area (Å²) in [7, 11) is 0. The van der Waals surface area contributed by atoms with Crippen LogP contribution < -0.4 is 0 Å². The van der Waals surface area contributed by atoms with Gasteiger partial charge in [0.25, 0.3) is 0 Å². The van der Waals surface area contributed by atoms with Crippen LogP contribution in [0.15, 0.2) is 91.0 Å². The van der Waals surface area contributed by atoms with Crippen LogP contribution in [0.4, 0.5) is 4.79 Å². The van der Waals surface area contributed by atoms with Gasteiger partial charge in [-0.3, -0.25) is 14.6 Å². The van der Waals surface area contributed by atoms with Gasteiger partial charge < -0.3 is 14.4 Å². The first kappa shape index (κ1) is 32.4. The van der Waals surface area contributed by atoms with E-state index in [1.807, 2.05) is 66.7 Å². The lowest BCUT2D eigenvalue weighted by atomic mass is 9.75. The van der Waals surface area contributed by atoms with Gasteiger partial charge in [-0.15, -0.1) is 0 Å². The Kier molecular flexibility index (Phi) is 9.03. The van der Waals surface area contributed by atoms with E-state index < -0.39 is 35.9 Å². The minimum Gasteiger partial charge on any atom is -0.459 e. The molecule has 0 bridgehead atoms. The van der Waals surface area contributed by atoms with Gasteiger partial charge in [0.1, 0.15) is 24.9 Å². The second-order valence-corrected chi connectivity index (χ2v) is 14.7. The summed E-state index contributed by atoms with van der Waals surface area (Å²) in [6.45, 7) is 7.77. The third-order valence-electron chi connectivity index (χ3n) is 11.1. The molecule has 4 aliphatic rings. The average molecular weight is 650 g/mol. The van der Waals surface area contributed by atoms with Gasteiger partial charge in [-0.05, 0) is 60.1 Å². The molecule has 8 nitrogen and oxygen atoms in total. The molecule has 1 spiro atoms. The molecule has 2 aliphatic carbocycles. The summed E-state index contributed by atoms with van der Waals surface area (Å²) in [4.78, 5) is 48.6. The van der Waals surface area contributed by atoms with Crippen molar-refractivity contribution in [3.63, 3.8) is 0 Å². The highest BCUT2D eigenvalue weighted by Crippen LogP contribution is 2.58. The number of carbonyl (C=O) groups excluding carboxylic acids is 3. The summed E-state index contributed by atoms with van der Waals surface area (Å²) >= 11 is 0. The van der Waals surface area contributed by atoms with E-state index in [4.69, 9.17) is 9.47 Å². The molecular weight excluding hydrogens is 602 g/mol. The van der Waals surface area contributed by atoms with Crippen LogP contribution in [0.5, 0.6) is 0 Å². The predicted molar refractivity (Wildman–Crippen MR) is 182 cm³/mol. The molecule has 0 aromatic heterocycles. The number of carbonyl (C=O) groups is 3. The molecule has 2 amide bonds. The molecule has 2 saturated carbocycles. The Morgan fingerprint density at radius 3 is 1.96 bits per heavy atom. The first-order valence-corrected chi connectivity index (χ1v) is 17.6. The Labute approximate surface area is 284 Å².